The fraction of sp³-hybridized carbons (Fsp3) is 0.231. The van der Waals surface area contributed by atoms with Crippen LogP contribution < -0.4 is 5.32 Å². The van der Waals surface area contributed by atoms with Gasteiger partial charge in [-0.05, 0) is 42.2 Å². The van der Waals surface area contributed by atoms with Gasteiger partial charge in [0, 0.05) is 23.6 Å². The summed E-state index contributed by atoms with van der Waals surface area (Å²) < 4.78 is 1.97. The Kier molecular flexibility index (Phi) is 7.52. The van der Waals surface area contributed by atoms with Crippen molar-refractivity contribution in [3.05, 3.63) is 90.8 Å². The summed E-state index contributed by atoms with van der Waals surface area (Å²) >= 11 is 1.38. The van der Waals surface area contributed by atoms with Crippen LogP contribution >= 0.6 is 11.8 Å². The summed E-state index contributed by atoms with van der Waals surface area (Å²) in [6, 6.07) is 23.9. The largest absolute Gasteiger partial charge is 0.349 e. The maximum atomic E-state index is 12.9. The lowest BCUT2D eigenvalue weighted by atomic mass is 9.97. The third kappa shape index (κ3) is 5.87. The second-order valence-electron chi connectivity index (χ2n) is 8.17. The third-order valence-electron chi connectivity index (χ3n) is 5.14. The molecule has 1 atom stereocenters. The van der Waals surface area contributed by atoms with Crippen LogP contribution in [0.2, 0.25) is 0 Å². The van der Waals surface area contributed by atoms with Crippen molar-refractivity contribution in [1.29, 1.82) is 0 Å². The molecule has 0 saturated heterocycles. The number of aromatic nitrogens is 4. The van der Waals surface area contributed by atoms with E-state index < -0.39 is 0 Å². The smallest absolute Gasteiger partial charge is 0.230 e. The van der Waals surface area contributed by atoms with E-state index in [1.54, 1.807) is 12.4 Å². The van der Waals surface area contributed by atoms with E-state index in [2.05, 4.69) is 46.5 Å². The molecule has 2 aromatic carbocycles. The molecule has 0 aliphatic rings. The number of para-hydroxylation sites is 1. The van der Waals surface area contributed by atoms with Crippen LogP contribution in [0.5, 0.6) is 0 Å². The number of amides is 1. The van der Waals surface area contributed by atoms with Crippen molar-refractivity contribution in [2.45, 2.75) is 31.5 Å². The van der Waals surface area contributed by atoms with Crippen LogP contribution in [0.1, 0.15) is 31.9 Å². The van der Waals surface area contributed by atoms with Crippen LogP contribution in [-0.2, 0) is 4.79 Å². The SMILES string of the molecule is CC(C)CC(NC(=O)CSc1nnc(-c2cccnc2)n1-c1ccccc1)c1ccccc1. The minimum atomic E-state index is -0.0277. The monoisotopic (exact) mass is 457 g/mol. The summed E-state index contributed by atoms with van der Waals surface area (Å²) in [7, 11) is 0. The lowest BCUT2D eigenvalue weighted by Crippen LogP contribution is -2.31. The molecule has 2 aromatic heterocycles. The number of nitrogens with one attached hydrogen (secondary N) is 1. The van der Waals surface area contributed by atoms with Crippen LogP contribution in [0, 0.1) is 5.92 Å². The summed E-state index contributed by atoms with van der Waals surface area (Å²) in [5.74, 6) is 1.38. The molecule has 6 nitrogen and oxygen atoms in total. The average molecular weight is 458 g/mol. The lowest BCUT2D eigenvalue weighted by molar-refractivity contribution is -0.119. The van der Waals surface area contributed by atoms with Crippen LogP contribution in [0.4, 0.5) is 0 Å². The summed E-state index contributed by atoms with van der Waals surface area (Å²) in [4.78, 5) is 17.1. The molecule has 4 aromatic rings. The van der Waals surface area contributed by atoms with E-state index in [1.807, 2.05) is 65.2 Å². The summed E-state index contributed by atoms with van der Waals surface area (Å²) in [5, 5.41) is 12.7. The molecule has 7 heteroatoms. The highest BCUT2D eigenvalue weighted by Gasteiger charge is 2.19. The van der Waals surface area contributed by atoms with Gasteiger partial charge in [-0.25, -0.2) is 0 Å². The number of thioether (sulfide) groups is 1. The molecule has 33 heavy (non-hydrogen) atoms. The predicted molar refractivity (Wildman–Crippen MR) is 132 cm³/mol. The molecule has 0 bridgehead atoms. The van der Waals surface area contributed by atoms with Crippen LogP contribution in [0.25, 0.3) is 17.1 Å². The van der Waals surface area contributed by atoms with Crippen molar-refractivity contribution >= 4 is 17.7 Å². The zero-order chi connectivity index (χ0) is 23.0. The van der Waals surface area contributed by atoms with Gasteiger partial charge in [-0.2, -0.15) is 0 Å². The Balaban J connectivity index is 1.53. The van der Waals surface area contributed by atoms with Gasteiger partial charge in [-0.1, -0.05) is 74.1 Å². The van der Waals surface area contributed by atoms with Gasteiger partial charge in [-0.15, -0.1) is 10.2 Å². The molecule has 2 heterocycles. The van der Waals surface area contributed by atoms with Gasteiger partial charge in [0.1, 0.15) is 0 Å². The zero-order valence-corrected chi connectivity index (χ0v) is 19.6. The Morgan fingerprint density at radius 1 is 0.970 bits per heavy atom. The molecule has 0 fully saturated rings. The van der Waals surface area contributed by atoms with Crippen molar-refractivity contribution in [1.82, 2.24) is 25.1 Å². The first kappa shape index (κ1) is 22.7. The Labute approximate surface area is 198 Å². The summed E-state index contributed by atoms with van der Waals surface area (Å²) in [6.45, 7) is 4.33. The van der Waals surface area contributed by atoms with E-state index in [4.69, 9.17) is 0 Å². The first-order chi connectivity index (χ1) is 16.1. The Bertz CT molecular complexity index is 1160. The molecule has 0 aliphatic carbocycles. The summed E-state index contributed by atoms with van der Waals surface area (Å²) in [6.07, 6.45) is 4.37. The van der Waals surface area contributed by atoms with Gasteiger partial charge in [0.25, 0.3) is 0 Å². The maximum Gasteiger partial charge on any atom is 0.230 e. The highest BCUT2D eigenvalue weighted by atomic mass is 32.2. The van der Waals surface area contributed by atoms with Gasteiger partial charge < -0.3 is 5.32 Å². The Morgan fingerprint density at radius 3 is 2.36 bits per heavy atom. The van der Waals surface area contributed by atoms with Crippen molar-refractivity contribution in [2.75, 3.05) is 5.75 Å². The maximum absolute atomic E-state index is 12.9. The topological polar surface area (TPSA) is 72.7 Å². The summed E-state index contributed by atoms with van der Waals surface area (Å²) in [5.41, 5.74) is 2.92. The Morgan fingerprint density at radius 2 is 1.70 bits per heavy atom. The molecule has 0 spiro atoms. The fourth-order valence-corrected chi connectivity index (χ4v) is 4.42. The molecule has 0 aliphatic heterocycles. The lowest BCUT2D eigenvalue weighted by Gasteiger charge is -2.21. The molecule has 4 rings (SSSR count). The number of hydrogen-bond donors (Lipinski definition) is 1. The highest BCUT2D eigenvalue weighted by Crippen LogP contribution is 2.28. The van der Waals surface area contributed by atoms with Gasteiger partial charge >= 0.3 is 0 Å². The van der Waals surface area contributed by atoms with Crippen molar-refractivity contribution < 1.29 is 4.79 Å². The average Bonchev–Trinajstić information content (AvgIpc) is 3.28. The number of pyridine rings is 1. The second-order valence-corrected chi connectivity index (χ2v) is 9.11. The third-order valence-corrected chi connectivity index (χ3v) is 6.07. The molecule has 168 valence electrons. The van der Waals surface area contributed by atoms with E-state index in [0.29, 0.717) is 16.9 Å². The molecular weight excluding hydrogens is 430 g/mol. The number of rotatable bonds is 9. The van der Waals surface area contributed by atoms with Gasteiger partial charge in [-0.3, -0.25) is 14.3 Å². The van der Waals surface area contributed by atoms with E-state index in [9.17, 15) is 4.79 Å². The minimum absolute atomic E-state index is 0.0164. The van der Waals surface area contributed by atoms with Crippen LogP contribution in [0.3, 0.4) is 0 Å². The van der Waals surface area contributed by atoms with E-state index in [1.165, 1.54) is 11.8 Å². The second kappa shape index (κ2) is 10.9. The minimum Gasteiger partial charge on any atom is -0.349 e. The quantitative estimate of drug-likeness (QED) is 0.344. The number of benzene rings is 2. The predicted octanol–water partition coefficient (Wildman–Crippen LogP) is 5.33. The standard InChI is InChI=1S/C26H27N5OS/c1-19(2)16-23(20-10-5-3-6-11-20)28-24(32)18-33-26-30-29-25(21-12-9-15-27-17-21)31(26)22-13-7-4-8-14-22/h3-15,17,19,23H,16,18H2,1-2H3,(H,28,32). The molecular formula is C26H27N5OS. The highest BCUT2D eigenvalue weighted by molar-refractivity contribution is 7.99. The zero-order valence-electron chi connectivity index (χ0n) is 18.8. The molecule has 0 saturated carbocycles. The molecule has 1 unspecified atom stereocenters. The van der Waals surface area contributed by atoms with Gasteiger partial charge in [0.2, 0.25) is 5.91 Å². The van der Waals surface area contributed by atoms with E-state index in [-0.39, 0.29) is 17.7 Å². The van der Waals surface area contributed by atoms with E-state index in [0.717, 1.165) is 23.2 Å². The number of carbonyl (C=O) groups is 1. The first-order valence-electron chi connectivity index (χ1n) is 11.0. The van der Waals surface area contributed by atoms with Crippen molar-refractivity contribution in [2.24, 2.45) is 5.92 Å². The number of carbonyl (C=O) groups excluding carboxylic acids is 1. The van der Waals surface area contributed by atoms with Crippen LogP contribution in [0.15, 0.2) is 90.3 Å². The van der Waals surface area contributed by atoms with Crippen molar-refractivity contribution in [3.63, 3.8) is 0 Å². The molecule has 1 N–H and O–H groups in total. The Hall–Kier alpha value is -3.45. The molecule has 1 amide bonds. The van der Waals surface area contributed by atoms with E-state index >= 15 is 0 Å². The molecule has 0 radical (unpaired) electrons. The van der Waals surface area contributed by atoms with Crippen molar-refractivity contribution in [3.8, 4) is 17.1 Å². The van der Waals surface area contributed by atoms with Crippen LogP contribution in [-0.4, -0.2) is 31.4 Å². The van der Waals surface area contributed by atoms with Gasteiger partial charge in [0.15, 0.2) is 11.0 Å². The first-order valence-corrected chi connectivity index (χ1v) is 12.0. The number of hydrogen-bond acceptors (Lipinski definition) is 5. The fourth-order valence-electron chi connectivity index (χ4n) is 3.66. The van der Waals surface area contributed by atoms with Gasteiger partial charge in [0.05, 0.1) is 11.8 Å². The number of nitrogens with zero attached hydrogens (tertiary/aromatic N) is 4. The normalized spacial score (nSPS) is 12.0.